The third-order valence-corrected chi connectivity index (χ3v) is 4.28. The predicted molar refractivity (Wildman–Crippen MR) is 102 cm³/mol. The summed E-state index contributed by atoms with van der Waals surface area (Å²) in [5, 5.41) is 9.00. The van der Waals surface area contributed by atoms with E-state index in [-0.39, 0.29) is 19.2 Å². The van der Waals surface area contributed by atoms with Gasteiger partial charge < -0.3 is 19.3 Å². The van der Waals surface area contributed by atoms with Gasteiger partial charge in [-0.15, -0.1) is 0 Å². The molecule has 0 aromatic heterocycles. The molecule has 0 atom stereocenters. The highest BCUT2D eigenvalue weighted by Gasteiger charge is 2.29. The van der Waals surface area contributed by atoms with Crippen LogP contribution in [0, 0.1) is 10.8 Å². The maximum atomic E-state index is 12.2. The molecule has 0 bridgehead atoms. The second-order valence-corrected chi connectivity index (χ2v) is 7.65. The number of hydrogen-bond acceptors (Lipinski definition) is 5. The zero-order chi connectivity index (χ0) is 20.3. The summed E-state index contributed by atoms with van der Waals surface area (Å²) in [5.74, 6) is -1.13. The molecule has 0 fully saturated rings. The zero-order valence-electron chi connectivity index (χ0n) is 16.6. The van der Waals surface area contributed by atoms with Gasteiger partial charge in [-0.1, -0.05) is 30.3 Å². The van der Waals surface area contributed by atoms with E-state index in [1.807, 2.05) is 44.2 Å². The molecule has 0 unspecified atom stereocenters. The van der Waals surface area contributed by atoms with Crippen molar-refractivity contribution in [3.63, 3.8) is 0 Å². The summed E-state index contributed by atoms with van der Waals surface area (Å²) in [6.07, 6.45) is 3.68. The second kappa shape index (κ2) is 10.6. The molecule has 0 amide bonds. The average molecular weight is 378 g/mol. The lowest BCUT2D eigenvalue weighted by molar-refractivity contribution is -0.156. The van der Waals surface area contributed by atoms with Crippen molar-refractivity contribution < 1.29 is 28.9 Å². The van der Waals surface area contributed by atoms with Crippen LogP contribution in [0.15, 0.2) is 42.9 Å². The molecule has 0 heterocycles. The van der Waals surface area contributed by atoms with E-state index in [0.29, 0.717) is 19.4 Å². The number of aliphatic carboxylic acids is 1. The van der Waals surface area contributed by atoms with E-state index in [1.54, 1.807) is 13.8 Å². The van der Waals surface area contributed by atoms with Crippen molar-refractivity contribution in [1.29, 1.82) is 0 Å². The molecule has 27 heavy (non-hydrogen) atoms. The first-order valence-corrected chi connectivity index (χ1v) is 8.98. The van der Waals surface area contributed by atoms with Crippen LogP contribution in [-0.2, 0) is 30.4 Å². The molecule has 0 aliphatic heterocycles. The fourth-order valence-corrected chi connectivity index (χ4v) is 1.97. The van der Waals surface area contributed by atoms with Gasteiger partial charge in [0.15, 0.2) is 0 Å². The Labute approximate surface area is 161 Å². The minimum Gasteiger partial charge on any atom is -0.498 e. The summed E-state index contributed by atoms with van der Waals surface area (Å²) in [5.41, 5.74) is -0.530. The van der Waals surface area contributed by atoms with Crippen molar-refractivity contribution in [3.8, 4) is 0 Å². The first-order chi connectivity index (χ1) is 12.6. The Bertz CT molecular complexity index is 619. The van der Waals surface area contributed by atoms with Crippen LogP contribution >= 0.6 is 0 Å². The van der Waals surface area contributed by atoms with Crippen LogP contribution in [0.2, 0.25) is 0 Å². The zero-order valence-corrected chi connectivity index (χ0v) is 16.6. The summed E-state index contributed by atoms with van der Waals surface area (Å²) < 4.78 is 15.9. The smallest absolute Gasteiger partial charge is 0.311 e. The molecule has 1 rings (SSSR count). The average Bonchev–Trinajstić information content (AvgIpc) is 2.62. The third kappa shape index (κ3) is 8.62. The number of ether oxygens (including phenoxy) is 3. The maximum absolute atomic E-state index is 12.2. The number of carbonyl (C=O) groups excluding carboxylic acids is 1. The number of benzene rings is 1. The van der Waals surface area contributed by atoms with Crippen LogP contribution in [0.3, 0.4) is 0 Å². The Hall–Kier alpha value is -2.50. The number of carboxylic acids is 1. The first-order valence-electron chi connectivity index (χ1n) is 8.98. The van der Waals surface area contributed by atoms with Gasteiger partial charge in [-0.3, -0.25) is 9.59 Å². The van der Waals surface area contributed by atoms with Crippen molar-refractivity contribution >= 4 is 11.9 Å². The molecule has 0 radical (unpaired) electrons. The van der Waals surface area contributed by atoms with Crippen LogP contribution in [0.4, 0.5) is 0 Å². The number of carbonyl (C=O) groups is 2. The van der Waals surface area contributed by atoms with Crippen molar-refractivity contribution in [2.24, 2.45) is 10.8 Å². The molecule has 0 saturated heterocycles. The Morgan fingerprint density at radius 2 is 1.44 bits per heavy atom. The highest BCUT2D eigenvalue weighted by molar-refractivity contribution is 5.75. The van der Waals surface area contributed by atoms with Gasteiger partial charge in [-0.05, 0) is 46.1 Å². The summed E-state index contributed by atoms with van der Waals surface area (Å²) >= 11 is 0. The number of hydrogen-bond donors (Lipinski definition) is 1. The maximum Gasteiger partial charge on any atom is 0.311 e. The van der Waals surface area contributed by atoms with Crippen LogP contribution in [-0.4, -0.2) is 30.3 Å². The molecule has 0 saturated carbocycles. The van der Waals surface area contributed by atoms with E-state index in [4.69, 9.17) is 19.3 Å². The fraction of sp³-hybridized carbons (Fsp3) is 0.524. The number of rotatable bonds is 12. The molecule has 6 nitrogen and oxygen atoms in total. The van der Waals surface area contributed by atoms with Gasteiger partial charge in [-0.2, -0.15) is 0 Å². The predicted octanol–water partition coefficient (Wildman–Crippen LogP) is 4.15. The van der Waals surface area contributed by atoms with E-state index in [0.717, 1.165) is 5.56 Å². The van der Waals surface area contributed by atoms with Crippen LogP contribution < -0.4 is 0 Å². The lowest BCUT2D eigenvalue weighted by atomic mass is 9.90. The minimum absolute atomic E-state index is 0.254. The largest absolute Gasteiger partial charge is 0.498 e. The molecule has 1 N–H and O–H groups in total. The van der Waals surface area contributed by atoms with Crippen molar-refractivity contribution in [1.82, 2.24) is 0 Å². The molecule has 0 spiro atoms. The summed E-state index contributed by atoms with van der Waals surface area (Å²) in [4.78, 5) is 23.2. The Morgan fingerprint density at radius 3 is 1.96 bits per heavy atom. The molecular formula is C21H30O6. The molecule has 1 aromatic carbocycles. The van der Waals surface area contributed by atoms with Gasteiger partial charge in [0.2, 0.25) is 0 Å². The monoisotopic (exact) mass is 378 g/mol. The fourth-order valence-electron chi connectivity index (χ4n) is 1.97. The SMILES string of the molecule is CC(C)(CCO/C=C/OCCC(C)(C)C(=O)OCc1ccccc1)C(=O)O. The molecular weight excluding hydrogens is 348 g/mol. The van der Waals surface area contributed by atoms with Crippen LogP contribution in [0.25, 0.3) is 0 Å². The van der Waals surface area contributed by atoms with Gasteiger partial charge >= 0.3 is 11.9 Å². The summed E-state index contributed by atoms with van der Waals surface area (Å²) in [7, 11) is 0. The van der Waals surface area contributed by atoms with Crippen molar-refractivity contribution in [2.75, 3.05) is 13.2 Å². The molecule has 150 valence electrons. The lowest BCUT2D eigenvalue weighted by Gasteiger charge is -2.22. The van der Waals surface area contributed by atoms with E-state index in [2.05, 4.69) is 0 Å². The van der Waals surface area contributed by atoms with E-state index in [9.17, 15) is 9.59 Å². The molecule has 1 aromatic rings. The first kappa shape index (κ1) is 22.5. The van der Waals surface area contributed by atoms with Crippen LogP contribution in [0.1, 0.15) is 46.1 Å². The van der Waals surface area contributed by atoms with E-state index >= 15 is 0 Å². The standard InChI is InChI=1S/C21H30O6/c1-20(2,18(22)23)10-12-25-14-15-26-13-11-21(3,4)19(24)27-16-17-8-6-5-7-9-17/h5-9,14-15H,10-13,16H2,1-4H3,(H,22,23)/b15-14+. The van der Waals surface area contributed by atoms with Gasteiger partial charge in [0, 0.05) is 0 Å². The number of esters is 1. The summed E-state index contributed by atoms with van der Waals surface area (Å²) in [6.45, 7) is 7.82. The van der Waals surface area contributed by atoms with Crippen molar-refractivity contribution in [2.45, 2.75) is 47.1 Å². The normalized spacial score (nSPS) is 12.0. The minimum atomic E-state index is -0.854. The van der Waals surface area contributed by atoms with Gasteiger partial charge in [-0.25, -0.2) is 0 Å². The number of carboxylic acid groups (broad SMARTS) is 1. The van der Waals surface area contributed by atoms with Crippen molar-refractivity contribution in [3.05, 3.63) is 48.4 Å². The highest BCUT2D eigenvalue weighted by Crippen LogP contribution is 2.23. The second-order valence-electron chi connectivity index (χ2n) is 7.65. The molecule has 0 aliphatic rings. The van der Waals surface area contributed by atoms with E-state index < -0.39 is 16.8 Å². The third-order valence-electron chi connectivity index (χ3n) is 4.28. The van der Waals surface area contributed by atoms with E-state index in [1.165, 1.54) is 12.5 Å². The quantitative estimate of drug-likeness (QED) is 0.334. The van der Waals surface area contributed by atoms with Gasteiger partial charge in [0.1, 0.15) is 19.1 Å². The van der Waals surface area contributed by atoms with Gasteiger partial charge in [0.05, 0.1) is 24.0 Å². The Balaban J connectivity index is 2.21. The summed E-state index contributed by atoms with van der Waals surface area (Å²) in [6, 6.07) is 9.53. The Morgan fingerprint density at radius 1 is 0.926 bits per heavy atom. The molecule has 0 aliphatic carbocycles. The van der Waals surface area contributed by atoms with Gasteiger partial charge in [0.25, 0.3) is 0 Å². The lowest BCUT2D eigenvalue weighted by Crippen LogP contribution is -2.27. The Kier molecular flexibility index (Phi) is 8.85. The molecule has 6 heteroatoms. The van der Waals surface area contributed by atoms with Crippen LogP contribution in [0.5, 0.6) is 0 Å². The topological polar surface area (TPSA) is 82.1 Å². The highest BCUT2D eigenvalue weighted by atomic mass is 16.5.